The number of phenols is 1. The second-order valence-corrected chi connectivity index (χ2v) is 3.35. The number of aromatic hydroxyl groups is 1. The van der Waals surface area contributed by atoms with Crippen LogP contribution in [-0.4, -0.2) is 15.0 Å². The number of hydrogen-bond donors (Lipinski definition) is 1. The van der Waals surface area contributed by atoms with Gasteiger partial charge in [0.25, 0.3) is 11.4 Å². The Balaban J connectivity index is 2.90. The Morgan fingerprint density at radius 2 is 1.41 bits per heavy atom. The van der Waals surface area contributed by atoms with Crippen molar-refractivity contribution in [2.24, 2.45) is 0 Å². The molecule has 0 bridgehead atoms. The van der Waals surface area contributed by atoms with Crippen LogP contribution in [0.1, 0.15) is 0 Å². The normalized spacial score (nSPS) is 10.4. The van der Waals surface area contributed by atoms with E-state index in [1.807, 2.05) is 0 Å². The van der Waals surface area contributed by atoms with Crippen LogP contribution in [0.5, 0.6) is 5.75 Å². The summed E-state index contributed by atoms with van der Waals surface area (Å²) in [6.07, 6.45) is 0. The molecule has 0 aliphatic heterocycles. The average molecular weight is 234 g/mol. The number of nitrogens with zero attached hydrogens (tertiary/aromatic N) is 2. The Hall–Kier alpha value is -2.70. The molecular weight excluding hydrogens is 228 g/mol. The monoisotopic (exact) mass is 234 g/mol. The molecule has 0 amide bonds. The summed E-state index contributed by atoms with van der Waals surface area (Å²) in [6.45, 7) is 0. The molecule has 0 spiro atoms. The van der Waals surface area contributed by atoms with Gasteiger partial charge in [-0.05, 0) is 18.2 Å². The molecule has 7 nitrogen and oxygen atoms in total. The van der Waals surface area contributed by atoms with Crippen LogP contribution in [-0.2, 0) is 0 Å². The highest BCUT2D eigenvalue weighted by atomic mass is 16.6. The Bertz CT molecular complexity index is 638. The number of benzene rings is 2. The summed E-state index contributed by atoms with van der Waals surface area (Å²) in [6, 6.07) is 5.81. The van der Waals surface area contributed by atoms with Crippen molar-refractivity contribution in [2.75, 3.05) is 0 Å². The predicted octanol–water partition coefficient (Wildman–Crippen LogP) is 2.36. The van der Waals surface area contributed by atoms with Gasteiger partial charge in [0.05, 0.1) is 20.6 Å². The van der Waals surface area contributed by atoms with Crippen LogP contribution in [0, 0.1) is 20.2 Å². The maximum atomic E-state index is 10.8. The topological polar surface area (TPSA) is 107 Å². The lowest BCUT2D eigenvalue weighted by Gasteiger charge is -2.01. The first-order valence-corrected chi connectivity index (χ1v) is 4.55. The van der Waals surface area contributed by atoms with E-state index in [-0.39, 0.29) is 27.9 Å². The maximum absolute atomic E-state index is 10.8. The SMILES string of the molecule is O=[N+]([O-])c1ccc([N+](=O)[O-])c2cc(O)ccc12. The zero-order valence-corrected chi connectivity index (χ0v) is 8.36. The highest BCUT2D eigenvalue weighted by molar-refractivity contribution is 5.98. The van der Waals surface area contributed by atoms with E-state index in [2.05, 4.69) is 0 Å². The summed E-state index contributed by atoms with van der Waals surface area (Å²) in [5, 5.41) is 31.0. The van der Waals surface area contributed by atoms with Crippen LogP contribution in [0.2, 0.25) is 0 Å². The molecule has 2 aromatic rings. The van der Waals surface area contributed by atoms with Gasteiger partial charge in [0, 0.05) is 12.1 Å². The first-order valence-electron chi connectivity index (χ1n) is 4.55. The Morgan fingerprint density at radius 3 is 1.94 bits per heavy atom. The second kappa shape index (κ2) is 3.71. The van der Waals surface area contributed by atoms with Crippen LogP contribution in [0.3, 0.4) is 0 Å². The summed E-state index contributed by atoms with van der Waals surface area (Å²) in [5.41, 5.74) is -0.507. The lowest BCUT2D eigenvalue weighted by Crippen LogP contribution is -1.94. The number of non-ortho nitro benzene ring substituents is 2. The van der Waals surface area contributed by atoms with E-state index in [9.17, 15) is 25.3 Å². The van der Waals surface area contributed by atoms with Crippen molar-refractivity contribution < 1.29 is 15.0 Å². The number of phenolic OH excluding ortho intramolecular Hbond substituents is 1. The molecule has 0 fully saturated rings. The molecule has 0 heterocycles. The predicted molar refractivity (Wildman–Crippen MR) is 58.9 cm³/mol. The Morgan fingerprint density at radius 1 is 0.882 bits per heavy atom. The second-order valence-electron chi connectivity index (χ2n) is 3.35. The molecule has 0 aliphatic rings. The van der Waals surface area contributed by atoms with Gasteiger partial charge < -0.3 is 5.11 Å². The fourth-order valence-electron chi connectivity index (χ4n) is 1.62. The van der Waals surface area contributed by atoms with Crippen molar-refractivity contribution in [2.45, 2.75) is 0 Å². The van der Waals surface area contributed by atoms with Crippen molar-refractivity contribution in [1.82, 2.24) is 0 Å². The van der Waals surface area contributed by atoms with E-state index in [0.717, 1.165) is 18.2 Å². The Labute approximate surface area is 94.2 Å². The molecule has 17 heavy (non-hydrogen) atoms. The fraction of sp³-hybridized carbons (Fsp3) is 0. The molecule has 0 aliphatic carbocycles. The quantitative estimate of drug-likeness (QED) is 0.633. The van der Waals surface area contributed by atoms with Gasteiger partial charge in [0.15, 0.2) is 0 Å². The number of nitro benzene ring substituents is 2. The zero-order valence-electron chi connectivity index (χ0n) is 8.36. The van der Waals surface area contributed by atoms with Crippen LogP contribution in [0.25, 0.3) is 10.8 Å². The summed E-state index contributed by atoms with van der Waals surface area (Å²) in [4.78, 5) is 20.2. The molecule has 2 rings (SSSR count). The molecule has 0 atom stereocenters. The minimum Gasteiger partial charge on any atom is -0.508 e. The van der Waals surface area contributed by atoms with Gasteiger partial charge in [0.2, 0.25) is 0 Å². The third-order valence-electron chi connectivity index (χ3n) is 2.35. The van der Waals surface area contributed by atoms with Gasteiger partial charge in [-0.3, -0.25) is 20.2 Å². The maximum Gasteiger partial charge on any atom is 0.277 e. The third kappa shape index (κ3) is 1.73. The van der Waals surface area contributed by atoms with E-state index in [1.165, 1.54) is 12.1 Å². The van der Waals surface area contributed by atoms with Crippen LogP contribution in [0.4, 0.5) is 11.4 Å². The smallest absolute Gasteiger partial charge is 0.277 e. The van der Waals surface area contributed by atoms with Crippen LogP contribution in [0.15, 0.2) is 30.3 Å². The number of fused-ring (bicyclic) bond motifs is 1. The summed E-state index contributed by atoms with van der Waals surface area (Å²) in [5.74, 6) is -0.180. The van der Waals surface area contributed by atoms with Crippen molar-refractivity contribution in [3.05, 3.63) is 50.6 Å². The van der Waals surface area contributed by atoms with Gasteiger partial charge in [-0.25, -0.2) is 0 Å². The zero-order chi connectivity index (χ0) is 12.6. The van der Waals surface area contributed by atoms with Gasteiger partial charge >= 0.3 is 0 Å². The third-order valence-corrected chi connectivity index (χ3v) is 2.35. The number of hydrogen-bond acceptors (Lipinski definition) is 5. The minimum absolute atomic E-state index is 0.0456. The molecule has 0 saturated heterocycles. The lowest BCUT2D eigenvalue weighted by atomic mass is 10.1. The molecule has 0 aromatic heterocycles. The molecule has 86 valence electrons. The van der Waals surface area contributed by atoms with Crippen molar-refractivity contribution in [1.29, 1.82) is 0 Å². The standard InChI is InChI=1S/C10H6N2O5/c13-6-1-2-7-8(5-6)10(12(16)17)4-3-9(7)11(14)15/h1-5,13H. The van der Waals surface area contributed by atoms with E-state index >= 15 is 0 Å². The molecule has 7 heteroatoms. The van der Waals surface area contributed by atoms with E-state index in [1.54, 1.807) is 0 Å². The highest BCUT2D eigenvalue weighted by Crippen LogP contribution is 2.34. The van der Waals surface area contributed by atoms with Gasteiger partial charge in [-0.1, -0.05) is 0 Å². The first kappa shape index (κ1) is 10.8. The minimum atomic E-state index is -0.647. The van der Waals surface area contributed by atoms with Crippen LogP contribution < -0.4 is 0 Å². The lowest BCUT2D eigenvalue weighted by molar-refractivity contribution is -0.386. The van der Waals surface area contributed by atoms with E-state index in [4.69, 9.17) is 0 Å². The van der Waals surface area contributed by atoms with Crippen molar-refractivity contribution >= 4 is 22.1 Å². The molecule has 0 radical (unpaired) electrons. The van der Waals surface area contributed by atoms with Gasteiger partial charge in [-0.2, -0.15) is 0 Å². The number of rotatable bonds is 2. The van der Waals surface area contributed by atoms with Crippen molar-refractivity contribution in [3.63, 3.8) is 0 Å². The van der Waals surface area contributed by atoms with Crippen LogP contribution >= 0.6 is 0 Å². The van der Waals surface area contributed by atoms with Gasteiger partial charge in [0.1, 0.15) is 5.75 Å². The Kier molecular flexibility index (Phi) is 2.36. The van der Waals surface area contributed by atoms with Gasteiger partial charge in [-0.15, -0.1) is 0 Å². The highest BCUT2D eigenvalue weighted by Gasteiger charge is 2.20. The molecule has 0 saturated carbocycles. The number of nitro groups is 2. The fourth-order valence-corrected chi connectivity index (χ4v) is 1.62. The molecule has 1 N–H and O–H groups in total. The molecule has 0 unspecified atom stereocenters. The summed E-state index contributed by atoms with van der Waals surface area (Å²) in [7, 11) is 0. The molecule has 2 aromatic carbocycles. The largest absolute Gasteiger partial charge is 0.508 e. The summed E-state index contributed by atoms with van der Waals surface area (Å²) >= 11 is 0. The van der Waals surface area contributed by atoms with E-state index < -0.39 is 9.85 Å². The average Bonchev–Trinajstić information content (AvgIpc) is 2.26. The first-order chi connectivity index (χ1) is 8.00. The molecular formula is C10H6N2O5. The van der Waals surface area contributed by atoms with Crippen molar-refractivity contribution in [3.8, 4) is 5.75 Å². The van der Waals surface area contributed by atoms with E-state index in [0.29, 0.717) is 0 Å². The summed E-state index contributed by atoms with van der Waals surface area (Å²) < 4.78 is 0.